The molecule has 2 aliphatic heterocycles. The van der Waals surface area contributed by atoms with Crippen molar-refractivity contribution in [1.82, 2.24) is 14.5 Å². The number of alkyl halides is 1. The number of ether oxygens (including phenoxy) is 1. The lowest BCUT2D eigenvalue weighted by atomic mass is 9.99. The number of amides is 1. The fourth-order valence-corrected chi connectivity index (χ4v) is 5.25. The minimum absolute atomic E-state index is 0.0179. The minimum atomic E-state index is -1.41. The molecule has 4 heterocycles. The summed E-state index contributed by atoms with van der Waals surface area (Å²) in [6, 6.07) is 4.33. The normalized spacial score (nSPS) is 18.1. The number of fused-ring (bicyclic) bond motifs is 1. The van der Waals surface area contributed by atoms with Crippen molar-refractivity contribution >= 4 is 43.4 Å². The molecule has 0 aliphatic carbocycles. The van der Waals surface area contributed by atoms with E-state index in [0.717, 1.165) is 11.3 Å². The second-order valence-corrected chi connectivity index (χ2v) is 10.6. The number of carbonyl (C=O) groups excluding carboxylic acids is 1. The van der Waals surface area contributed by atoms with E-state index in [9.17, 15) is 23.5 Å². The maximum atomic E-state index is 13.9. The summed E-state index contributed by atoms with van der Waals surface area (Å²) in [5, 5.41) is 10.5. The van der Waals surface area contributed by atoms with E-state index in [1.54, 1.807) is 0 Å². The number of hydrogen-bond donors (Lipinski definition) is 1. The number of rotatable bonds is 3. The summed E-state index contributed by atoms with van der Waals surface area (Å²) >= 11 is 4.34. The number of carbonyl (C=O) groups is 1. The summed E-state index contributed by atoms with van der Waals surface area (Å²) in [5.74, 6) is 4.87. The first-order valence-electron chi connectivity index (χ1n) is 10.3. The number of halogens is 3. The van der Waals surface area contributed by atoms with Crippen molar-refractivity contribution in [2.75, 3.05) is 26.3 Å². The number of aromatic nitrogens is 2. The Morgan fingerprint density at radius 3 is 2.74 bits per heavy atom. The molecular formula is C23H18BrF2N3O4S. The summed E-state index contributed by atoms with van der Waals surface area (Å²) in [6.07, 6.45) is 1.28. The summed E-state index contributed by atoms with van der Waals surface area (Å²) in [5.41, 5.74) is -2.18. The number of aliphatic hydroxyl groups is 1. The second kappa shape index (κ2) is 8.23. The Labute approximate surface area is 205 Å². The first kappa shape index (κ1) is 23.1. The molecule has 176 valence electrons. The highest BCUT2D eigenvalue weighted by Gasteiger charge is 2.41. The van der Waals surface area contributed by atoms with Crippen molar-refractivity contribution in [2.45, 2.75) is 24.7 Å². The van der Waals surface area contributed by atoms with Gasteiger partial charge in [0.05, 0.1) is 47.4 Å². The third-order valence-electron chi connectivity index (χ3n) is 5.68. The number of benzene rings is 1. The van der Waals surface area contributed by atoms with Crippen LogP contribution in [0.3, 0.4) is 0 Å². The Morgan fingerprint density at radius 1 is 1.38 bits per heavy atom. The predicted molar refractivity (Wildman–Crippen MR) is 126 cm³/mol. The maximum Gasteiger partial charge on any atom is 0.263 e. The Bertz CT molecular complexity index is 1440. The van der Waals surface area contributed by atoms with Gasteiger partial charge in [0.1, 0.15) is 22.9 Å². The zero-order chi connectivity index (χ0) is 24.3. The second-order valence-electron chi connectivity index (χ2n) is 8.73. The van der Waals surface area contributed by atoms with Crippen LogP contribution in [0.25, 0.3) is 21.3 Å². The third kappa shape index (κ3) is 4.15. The molecule has 11 heteroatoms. The molecule has 3 aromatic rings. The van der Waals surface area contributed by atoms with Gasteiger partial charge in [-0.25, -0.2) is 13.8 Å². The van der Waals surface area contributed by atoms with Crippen LogP contribution in [0.5, 0.6) is 0 Å². The van der Waals surface area contributed by atoms with E-state index in [1.165, 1.54) is 40.9 Å². The molecule has 0 atom stereocenters. The standard InChI is InChI=1S/C23H18BrF2N3O4S/c1-22(26)8-29(9-22)17(30)7-28-12-27-20-19(21(28)31)18(13-2-3-15(25)14(24)6-13)16(34-20)4-5-23(32)10-33-11-23/h2-3,6,12,32H,7-11H2,1H3. The molecule has 1 amide bonds. The lowest BCUT2D eigenvalue weighted by Crippen LogP contribution is -2.60. The lowest BCUT2D eigenvalue weighted by molar-refractivity contribution is -0.144. The number of nitrogens with zero attached hydrogens (tertiary/aromatic N) is 3. The topological polar surface area (TPSA) is 84.7 Å². The largest absolute Gasteiger partial charge is 0.373 e. The number of likely N-dealkylation sites (tertiary alicyclic amines) is 1. The fraction of sp³-hybridized carbons (Fsp3) is 0.348. The Kier molecular flexibility index (Phi) is 5.60. The van der Waals surface area contributed by atoms with Gasteiger partial charge in [0.25, 0.3) is 5.56 Å². The van der Waals surface area contributed by atoms with Gasteiger partial charge in [0, 0.05) is 5.56 Å². The number of hydrogen-bond acceptors (Lipinski definition) is 6. The van der Waals surface area contributed by atoms with Gasteiger partial charge in [-0.15, -0.1) is 11.3 Å². The summed E-state index contributed by atoms with van der Waals surface area (Å²) in [6.45, 7) is 1.28. The molecule has 0 unspecified atom stereocenters. The molecule has 2 aromatic heterocycles. The van der Waals surface area contributed by atoms with Crippen LogP contribution < -0.4 is 5.56 Å². The van der Waals surface area contributed by atoms with Gasteiger partial charge < -0.3 is 14.7 Å². The van der Waals surface area contributed by atoms with Crippen molar-refractivity contribution in [3.63, 3.8) is 0 Å². The molecule has 0 saturated carbocycles. The van der Waals surface area contributed by atoms with Gasteiger partial charge >= 0.3 is 0 Å². The highest BCUT2D eigenvalue weighted by Crippen LogP contribution is 2.37. The van der Waals surface area contributed by atoms with Gasteiger partial charge in [-0.3, -0.25) is 14.2 Å². The molecule has 1 N–H and O–H groups in total. The van der Waals surface area contributed by atoms with Gasteiger partial charge in [0.15, 0.2) is 5.60 Å². The van der Waals surface area contributed by atoms with Crippen LogP contribution in [-0.2, 0) is 16.1 Å². The molecule has 0 radical (unpaired) electrons. The smallest absolute Gasteiger partial charge is 0.263 e. The molecule has 34 heavy (non-hydrogen) atoms. The van der Waals surface area contributed by atoms with Crippen LogP contribution >= 0.6 is 27.3 Å². The van der Waals surface area contributed by atoms with Crippen molar-refractivity contribution in [3.8, 4) is 23.0 Å². The monoisotopic (exact) mass is 549 g/mol. The van der Waals surface area contributed by atoms with Crippen molar-refractivity contribution in [1.29, 1.82) is 0 Å². The third-order valence-corrected chi connectivity index (χ3v) is 7.30. The highest BCUT2D eigenvalue weighted by atomic mass is 79.9. The molecule has 2 aliphatic rings. The first-order valence-corrected chi connectivity index (χ1v) is 11.9. The van der Waals surface area contributed by atoms with Gasteiger partial charge in [0.2, 0.25) is 5.91 Å². The van der Waals surface area contributed by atoms with Crippen molar-refractivity contribution in [2.24, 2.45) is 0 Å². The Morgan fingerprint density at radius 2 is 2.12 bits per heavy atom. The Hall–Kier alpha value is -2.65. The molecule has 1 aromatic carbocycles. The van der Waals surface area contributed by atoms with Crippen LogP contribution in [0.1, 0.15) is 11.8 Å². The van der Waals surface area contributed by atoms with Crippen LogP contribution in [0.2, 0.25) is 0 Å². The molecule has 0 spiro atoms. The van der Waals surface area contributed by atoms with Crippen molar-refractivity contribution < 1.29 is 23.4 Å². The van der Waals surface area contributed by atoms with E-state index in [1.807, 2.05) is 0 Å². The van der Waals surface area contributed by atoms with Crippen molar-refractivity contribution in [3.05, 3.63) is 50.0 Å². The summed E-state index contributed by atoms with van der Waals surface area (Å²) in [7, 11) is 0. The van der Waals surface area contributed by atoms with Crippen LogP contribution in [0.15, 0.2) is 33.8 Å². The first-order chi connectivity index (χ1) is 16.1. The summed E-state index contributed by atoms with van der Waals surface area (Å²) in [4.78, 5) is 32.5. The molecule has 5 rings (SSSR count). The minimum Gasteiger partial charge on any atom is -0.373 e. The van der Waals surface area contributed by atoms with E-state index < -0.39 is 22.6 Å². The quantitative estimate of drug-likeness (QED) is 0.508. The van der Waals surface area contributed by atoms with Gasteiger partial charge in [-0.05, 0) is 40.5 Å². The van der Waals surface area contributed by atoms with E-state index in [0.29, 0.717) is 20.8 Å². The average Bonchev–Trinajstić information content (AvgIpc) is 3.12. The van der Waals surface area contributed by atoms with Crippen LogP contribution in [-0.4, -0.2) is 63.0 Å². The fourth-order valence-electron chi connectivity index (χ4n) is 3.87. The zero-order valence-electron chi connectivity index (χ0n) is 17.9. The average molecular weight is 550 g/mol. The van der Waals surface area contributed by atoms with E-state index in [-0.39, 0.29) is 48.6 Å². The Balaban J connectivity index is 1.61. The SMILES string of the molecule is CC1(F)CN(C(=O)Cn2cnc3sc(C#CC4(O)COC4)c(-c4ccc(F)c(Br)c4)c3c2=O)C1. The molecule has 2 saturated heterocycles. The maximum absolute atomic E-state index is 13.9. The molecular weight excluding hydrogens is 532 g/mol. The van der Waals surface area contributed by atoms with Crippen LogP contribution in [0, 0.1) is 17.7 Å². The molecule has 0 bridgehead atoms. The number of thiophene rings is 1. The van der Waals surface area contributed by atoms with E-state index in [4.69, 9.17) is 4.74 Å². The lowest BCUT2D eigenvalue weighted by Gasteiger charge is -2.42. The van der Waals surface area contributed by atoms with Crippen LogP contribution in [0.4, 0.5) is 8.78 Å². The molecule has 7 nitrogen and oxygen atoms in total. The van der Waals surface area contributed by atoms with Gasteiger partial charge in [-0.2, -0.15) is 0 Å². The van der Waals surface area contributed by atoms with Gasteiger partial charge in [-0.1, -0.05) is 17.9 Å². The summed E-state index contributed by atoms with van der Waals surface area (Å²) < 4.78 is 34.1. The molecule has 2 fully saturated rings. The highest BCUT2D eigenvalue weighted by molar-refractivity contribution is 9.10. The van der Waals surface area contributed by atoms with E-state index in [2.05, 4.69) is 32.8 Å². The van der Waals surface area contributed by atoms with E-state index >= 15 is 0 Å². The zero-order valence-corrected chi connectivity index (χ0v) is 20.3. The predicted octanol–water partition coefficient (Wildman–Crippen LogP) is 2.71.